The average Bonchev–Trinajstić information content (AvgIpc) is 2.19. The Hall–Kier alpha value is -0.570. The average molecular weight is 240 g/mol. The van der Waals surface area contributed by atoms with Gasteiger partial charge < -0.3 is 5.11 Å². The minimum absolute atomic E-state index is 0.461. The van der Waals surface area contributed by atoms with Gasteiger partial charge >= 0.3 is 0 Å². The predicted octanol–water partition coefficient (Wildman–Crippen LogP) is 2.61. The lowest BCUT2D eigenvalue weighted by Crippen LogP contribution is -2.60. The van der Waals surface area contributed by atoms with Crippen molar-refractivity contribution in [3.05, 3.63) is 34.3 Å². The highest BCUT2D eigenvalue weighted by Gasteiger charge is 2.39. The monoisotopic (exact) mass is 239 g/mol. The number of aliphatic hydroxyl groups is 1. The second-order valence-electron chi connectivity index (χ2n) is 4.82. The molecule has 0 aromatic heterocycles. The molecule has 0 amide bonds. The van der Waals surface area contributed by atoms with Crippen LogP contribution in [-0.4, -0.2) is 28.7 Å². The van der Waals surface area contributed by atoms with E-state index in [2.05, 4.69) is 17.0 Å². The summed E-state index contributed by atoms with van der Waals surface area (Å²) in [6, 6.07) is 6.14. The number of β-amino-alcohol motifs (C(OH)–C–C–N with tert-alkyl or cyclic N) is 1. The van der Waals surface area contributed by atoms with Crippen molar-refractivity contribution >= 4 is 11.6 Å². The Balaban J connectivity index is 1.96. The number of hydrogen-bond donors (Lipinski definition) is 1. The summed E-state index contributed by atoms with van der Waals surface area (Å²) in [5.74, 6) is 0. The molecule has 88 valence electrons. The first-order valence-electron chi connectivity index (χ1n) is 5.72. The third-order valence-electron chi connectivity index (χ3n) is 3.30. The molecular weight excluding hydrogens is 222 g/mol. The standard InChI is InChI=1S/C13H18ClNO/c1-3-13(16)8-15(9-13)7-11-5-4-10(2)6-12(11)14/h4-6,16H,3,7-9H2,1-2H3. The van der Waals surface area contributed by atoms with Crippen LogP contribution in [-0.2, 0) is 6.54 Å². The summed E-state index contributed by atoms with van der Waals surface area (Å²) >= 11 is 6.17. The highest BCUT2D eigenvalue weighted by molar-refractivity contribution is 6.31. The van der Waals surface area contributed by atoms with Gasteiger partial charge in [0.2, 0.25) is 0 Å². The molecule has 3 heteroatoms. The van der Waals surface area contributed by atoms with Crippen molar-refractivity contribution in [2.45, 2.75) is 32.4 Å². The molecule has 2 nitrogen and oxygen atoms in total. The van der Waals surface area contributed by atoms with E-state index < -0.39 is 5.60 Å². The van der Waals surface area contributed by atoms with E-state index in [1.165, 1.54) is 5.56 Å². The largest absolute Gasteiger partial charge is 0.387 e. The van der Waals surface area contributed by atoms with Gasteiger partial charge in [-0.15, -0.1) is 0 Å². The number of benzene rings is 1. The van der Waals surface area contributed by atoms with Gasteiger partial charge in [-0.05, 0) is 30.5 Å². The van der Waals surface area contributed by atoms with E-state index in [4.69, 9.17) is 11.6 Å². The Kier molecular flexibility index (Phi) is 3.24. The minimum Gasteiger partial charge on any atom is -0.387 e. The summed E-state index contributed by atoms with van der Waals surface area (Å²) in [4.78, 5) is 2.22. The first kappa shape index (κ1) is 11.9. The molecule has 2 rings (SSSR count). The predicted molar refractivity (Wildman–Crippen MR) is 66.7 cm³/mol. The number of halogens is 1. The van der Waals surface area contributed by atoms with Gasteiger partial charge in [0.1, 0.15) is 0 Å². The van der Waals surface area contributed by atoms with Gasteiger partial charge in [0.25, 0.3) is 0 Å². The van der Waals surface area contributed by atoms with Crippen LogP contribution in [0.2, 0.25) is 5.02 Å². The summed E-state index contributed by atoms with van der Waals surface area (Å²) in [7, 11) is 0. The minimum atomic E-state index is -0.461. The zero-order valence-corrected chi connectivity index (χ0v) is 10.6. The van der Waals surface area contributed by atoms with Crippen molar-refractivity contribution in [1.82, 2.24) is 4.90 Å². The Morgan fingerprint density at radius 2 is 2.12 bits per heavy atom. The van der Waals surface area contributed by atoms with Crippen LogP contribution in [0, 0.1) is 6.92 Å². The molecule has 1 aromatic rings. The molecule has 0 bridgehead atoms. The maximum atomic E-state index is 9.91. The summed E-state index contributed by atoms with van der Waals surface area (Å²) in [6.45, 7) is 6.41. The Morgan fingerprint density at radius 1 is 1.44 bits per heavy atom. The SMILES string of the molecule is CCC1(O)CN(Cc2ccc(C)cc2Cl)C1. The van der Waals surface area contributed by atoms with Crippen LogP contribution in [0.5, 0.6) is 0 Å². The summed E-state index contributed by atoms with van der Waals surface area (Å²) in [5.41, 5.74) is 1.87. The van der Waals surface area contributed by atoms with Gasteiger partial charge in [-0.25, -0.2) is 0 Å². The van der Waals surface area contributed by atoms with Crippen LogP contribution in [0.25, 0.3) is 0 Å². The lowest BCUT2D eigenvalue weighted by Gasteiger charge is -2.46. The van der Waals surface area contributed by atoms with Crippen molar-refractivity contribution < 1.29 is 5.11 Å². The normalized spacial score (nSPS) is 19.5. The molecule has 1 N–H and O–H groups in total. The van der Waals surface area contributed by atoms with Crippen LogP contribution in [0.15, 0.2) is 18.2 Å². The molecule has 1 fully saturated rings. The number of likely N-dealkylation sites (tertiary alicyclic amines) is 1. The smallest absolute Gasteiger partial charge is 0.0897 e. The zero-order valence-electron chi connectivity index (χ0n) is 9.83. The fourth-order valence-corrected chi connectivity index (χ4v) is 2.44. The molecule has 1 heterocycles. The van der Waals surface area contributed by atoms with E-state index in [9.17, 15) is 5.11 Å². The number of nitrogens with zero attached hydrogens (tertiary/aromatic N) is 1. The molecule has 1 aliphatic heterocycles. The first-order valence-corrected chi connectivity index (χ1v) is 6.10. The van der Waals surface area contributed by atoms with Crippen LogP contribution in [0.1, 0.15) is 24.5 Å². The molecule has 0 unspecified atom stereocenters. The topological polar surface area (TPSA) is 23.5 Å². The summed E-state index contributed by atoms with van der Waals surface area (Å²) < 4.78 is 0. The van der Waals surface area contributed by atoms with E-state index in [1.54, 1.807) is 0 Å². The van der Waals surface area contributed by atoms with Crippen LogP contribution >= 0.6 is 11.6 Å². The van der Waals surface area contributed by atoms with Crippen molar-refractivity contribution in [3.63, 3.8) is 0 Å². The maximum Gasteiger partial charge on any atom is 0.0897 e. The van der Waals surface area contributed by atoms with Crippen molar-refractivity contribution in [3.8, 4) is 0 Å². The second kappa shape index (κ2) is 4.36. The van der Waals surface area contributed by atoms with Gasteiger partial charge in [0.15, 0.2) is 0 Å². The Labute approximate surface area is 102 Å². The molecule has 0 aliphatic carbocycles. The van der Waals surface area contributed by atoms with E-state index in [0.29, 0.717) is 0 Å². The highest BCUT2D eigenvalue weighted by Crippen LogP contribution is 2.27. The van der Waals surface area contributed by atoms with E-state index in [1.807, 2.05) is 19.9 Å². The number of aryl methyl sites for hydroxylation is 1. The van der Waals surface area contributed by atoms with Gasteiger partial charge in [0.05, 0.1) is 5.60 Å². The Bertz CT molecular complexity index is 386. The molecule has 0 radical (unpaired) electrons. The van der Waals surface area contributed by atoms with Crippen molar-refractivity contribution in [1.29, 1.82) is 0 Å². The number of rotatable bonds is 3. The van der Waals surface area contributed by atoms with Crippen LogP contribution in [0.3, 0.4) is 0 Å². The third kappa shape index (κ3) is 2.40. The van der Waals surface area contributed by atoms with Gasteiger partial charge in [-0.2, -0.15) is 0 Å². The fourth-order valence-electron chi connectivity index (χ4n) is 2.14. The quantitative estimate of drug-likeness (QED) is 0.877. The molecule has 0 spiro atoms. The van der Waals surface area contributed by atoms with Gasteiger partial charge in [-0.3, -0.25) is 4.90 Å². The lowest BCUT2D eigenvalue weighted by atomic mass is 9.91. The molecule has 0 saturated carbocycles. The van der Waals surface area contributed by atoms with Crippen molar-refractivity contribution in [2.24, 2.45) is 0 Å². The third-order valence-corrected chi connectivity index (χ3v) is 3.65. The lowest BCUT2D eigenvalue weighted by molar-refractivity contribution is -0.103. The van der Waals surface area contributed by atoms with Crippen molar-refractivity contribution in [2.75, 3.05) is 13.1 Å². The molecule has 16 heavy (non-hydrogen) atoms. The van der Waals surface area contributed by atoms with E-state index in [-0.39, 0.29) is 0 Å². The van der Waals surface area contributed by atoms with Crippen LogP contribution < -0.4 is 0 Å². The molecular formula is C13H18ClNO. The molecule has 1 aromatic carbocycles. The van der Waals surface area contributed by atoms with Gasteiger partial charge in [-0.1, -0.05) is 30.7 Å². The molecule has 0 atom stereocenters. The fraction of sp³-hybridized carbons (Fsp3) is 0.538. The van der Waals surface area contributed by atoms with E-state index in [0.717, 1.165) is 36.6 Å². The van der Waals surface area contributed by atoms with Gasteiger partial charge in [0, 0.05) is 24.7 Å². The summed E-state index contributed by atoms with van der Waals surface area (Å²) in [5, 5.41) is 10.7. The van der Waals surface area contributed by atoms with E-state index >= 15 is 0 Å². The zero-order chi connectivity index (χ0) is 11.8. The second-order valence-corrected chi connectivity index (χ2v) is 5.23. The molecule has 1 aliphatic rings. The highest BCUT2D eigenvalue weighted by atomic mass is 35.5. The molecule has 1 saturated heterocycles. The first-order chi connectivity index (χ1) is 7.52. The summed E-state index contributed by atoms with van der Waals surface area (Å²) in [6.07, 6.45) is 0.825. The maximum absolute atomic E-state index is 9.91. The number of hydrogen-bond acceptors (Lipinski definition) is 2. The Morgan fingerprint density at radius 3 is 2.69 bits per heavy atom. The van der Waals surface area contributed by atoms with Crippen LogP contribution in [0.4, 0.5) is 0 Å².